The molecule has 4 heteroatoms. The van der Waals surface area contributed by atoms with Crippen molar-refractivity contribution >= 4 is 25.6 Å². The Morgan fingerprint density at radius 3 is 1.60 bits per heavy atom. The predicted molar refractivity (Wildman–Crippen MR) is 50.3 cm³/mol. The highest BCUT2D eigenvalue weighted by molar-refractivity contribution is 7.78. The average Bonchev–Trinajstić information content (AvgIpc) is 2.04. The summed E-state index contributed by atoms with van der Waals surface area (Å²) >= 11 is 8.11. The SMILES string of the molecule is SNC1CCCCC1NS. The van der Waals surface area contributed by atoms with Crippen LogP contribution in [0.25, 0.3) is 0 Å². The molecule has 1 saturated carbocycles. The maximum absolute atomic E-state index is 4.05. The van der Waals surface area contributed by atoms with E-state index >= 15 is 0 Å². The molecular weight excluding hydrogens is 164 g/mol. The molecule has 1 aliphatic rings. The second-order valence-electron chi connectivity index (χ2n) is 2.76. The third-order valence-corrected chi connectivity index (χ3v) is 2.76. The first-order valence-corrected chi connectivity index (χ1v) is 4.57. The van der Waals surface area contributed by atoms with Crippen LogP contribution in [0.1, 0.15) is 25.7 Å². The molecule has 1 aliphatic carbocycles. The molecule has 0 spiro atoms. The molecule has 2 N–H and O–H groups in total. The van der Waals surface area contributed by atoms with Gasteiger partial charge in [0.05, 0.1) is 0 Å². The van der Waals surface area contributed by atoms with Crippen LogP contribution in [0.3, 0.4) is 0 Å². The summed E-state index contributed by atoms with van der Waals surface area (Å²) in [4.78, 5) is 0. The summed E-state index contributed by atoms with van der Waals surface area (Å²) in [5.41, 5.74) is 0. The number of nitrogens with one attached hydrogen (secondary N) is 2. The van der Waals surface area contributed by atoms with Crippen LogP contribution in [0, 0.1) is 0 Å². The minimum atomic E-state index is 0.495. The Balaban J connectivity index is 2.34. The van der Waals surface area contributed by atoms with E-state index in [4.69, 9.17) is 0 Å². The van der Waals surface area contributed by atoms with Crippen molar-refractivity contribution in [2.75, 3.05) is 0 Å². The molecule has 0 aromatic carbocycles. The molecule has 0 saturated heterocycles. The molecule has 0 aliphatic heterocycles. The maximum atomic E-state index is 4.05. The van der Waals surface area contributed by atoms with Crippen molar-refractivity contribution in [1.82, 2.24) is 9.44 Å². The van der Waals surface area contributed by atoms with Gasteiger partial charge in [-0.05, 0) is 12.8 Å². The first kappa shape index (κ1) is 8.71. The fourth-order valence-corrected chi connectivity index (χ4v) is 2.06. The van der Waals surface area contributed by atoms with E-state index in [1.165, 1.54) is 25.7 Å². The molecule has 0 bridgehead atoms. The highest BCUT2D eigenvalue weighted by Crippen LogP contribution is 2.18. The van der Waals surface area contributed by atoms with Crippen LogP contribution < -0.4 is 9.44 Å². The normalized spacial score (nSPS) is 34.2. The van der Waals surface area contributed by atoms with Gasteiger partial charge in [0.2, 0.25) is 0 Å². The third-order valence-electron chi connectivity index (χ3n) is 2.10. The van der Waals surface area contributed by atoms with Gasteiger partial charge in [-0.2, -0.15) is 0 Å². The van der Waals surface area contributed by atoms with Crippen molar-refractivity contribution in [3.63, 3.8) is 0 Å². The molecule has 0 aromatic heterocycles. The molecule has 0 radical (unpaired) electrons. The van der Waals surface area contributed by atoms with Crippen LogP contribution in [-0.4, -0.2) is 12.1 Å². The lowest BCUT2D eigenvalue weighted by molar-refractivity contribution is 0.355. The second kappa shape index (κ2) is 4.49. The van der Waals surface area contributed by atoms with E-state index in [0.717, 1.165) is 0 Å². The Morgan fingerprint density at radius 2 is 1.30 bits per heavy atom. The molecule has 60 valence electrons. The number of hydrogen-bond acceptors (Lipinski definition) is 4. The van der Waals surface area contributed by atoms with Crippen molar-refractivity contribution in [2.45, 2.75) is 37.8 Å². The lowest BCUT2D eigenvalue weighted by Gasteiger charge is -2.29. The number of thiol groups is 2. The largest absolute Gasteiger partial charge is 0.262 e. The van der Waals surface area contributed by atoms with Gasteiger partial charge in [-0.15, -0.1) is 0 Å². The van der Waals surface area contributed by atoms with Gasteiger partial charge in [0, 0.05) is 12.1 Å². The molecule has 0 heterocycles. The highest BCUT2D eigenvalue weighted by Gasteiger charge is 2.22. The Kier molecular flexibility index (Phi) is 3.91. The molecule has 1 rings (SSSR count). The van der Waals surface area contributed by atoms with Crippen LogP contribution in [0.4, 0.5) is 0 Å². The standard InChI is InChI=1S/C6H14N2S2/c9-7-5-3-1-2-4-6(5)8-10/h5-10H,1-4H2. The van der Waals surface area contributed by atoms with Crippen molar-refractivity contribution < 1.29 is 0 Å². The van der Waals surface area contributed by atoms with E-state index in [1.54, 1.807) is 0 Å². The summed E-state index contributed by atoms with van der Waals surface area (Å²) in [5.74, 6) is 0. The molecule has 0 aromatic rings. The quantitative estimate of drug-likeness (QED) is 0.477. The zero-order valence-corrected chi connectivity index (χ0v) is 7.67. The summed E-state index contributed by atoms with van der Waals surface area (Å²) in [6, 6.07) is 0.990. The van der Waals surface area contributed by atoms with Gasteiger partial charge in [0.15, 0.2) is 0 Å². The van der Waals surface area contributed by atoms with Crippen molar-refractivity contribution in [2.24, 2.45) is 0 Å². The lowest BCUT2D eigenvalue weighted by atomic mass is 9.92. The number of rotatable bonds is 2. The zero-order valence-electron chi connectivity index (χ0n) is 5.88. The molecule has 10 heavy (non-hydrogen) atoms. The van der Waals surface area contributed by atoms with Gasteiger partial charge in [-0.3, -0.25) is 9.44 Å². The zero-order chi connectivity index (χ0) is 7.40. The fourth-order valence-electron chi connectivity index (χ4n) is 1.44. The molecule has 2 nitrogen and oxygen atoms in total. The van der Waals surface area contributed by atoms with E-state index in [2.05, 4.69) is 35.1 Å². The molecule has 2 atom stereocenters. The summed E-state index contributed by atoms with van der Waals surface area (Å²) in [5, 5.41) is 0. The van der Waals surface area contributed by atoms with Crippen LogP contribution >= 0.6 is 25.6 Å². The fraction of sp³-hybridized carbons (Fsp3) is 1.00. The summed E-state index contributed by atoms with van der Waals surface area (Å²) in [7, 11) is 0. The second-order valence-corrected chi connectivity index (χ2v) is 3.27. The molecule has 1 fully saturated rings. The third kappa shape index (κ3) is 2.05. The van der Waals surface area contributed by atoms with Gasteiger partial charge >= 0.3 is 0 Å². The van der Waals surface area contributed by atoms with Crippen molar-refractivity contribution in [3.8, 4) is 0 Å². The lowest BCUT2D eigenvalue weighted by Crippen LogP contribution is -2.43. The van der Waals surface area contributed by atoms with Crippen molar-refractivity contribution in [1.29, 1.82) is 0 Å². The van der Waals surface area contributed by atoms with Crippen LogP contribution in [0.15, 0.2) is 0 Å². The first-order chi connectivity index (χ1) is 4.88. The van der Waals surface area contributed by atoms with Gasteiger partial charge in [-0.1, -0.05) is 38.5 Å². The van der Waals surface area contributed by atoms with E-state index in [0.29, 0.717) is 12.1 Å². The maximum Gasteiger partial charge on any atom is 0.0331 e. The first-order valence-electron chi connectivity index (χ1n) is 3.67. The van der Waals surface area contributed by atoms with Crippen molar-refractivity contribution in [3.05, 3.63) is 0 Å². The summed E-state index contributed by atoms with van der Waals surface area (Å²) in [6.45, 7) is 0. The van der Waals surface area contributed by atoms with E-state index in [9.17, 15) is 0 Å². The smallest absolute Gasteiger partial charge is 0.0331 e. The average molecular weight is 178 g/mol. The minimum Gasteiger partial charge on any atom is -0.262 e. The molecule has 0 amide bonds. The minimum absolute atomic E-state index is 0.495. The summed E-state index contributed by atoms with van der Waals surface area (Å²) in [6.07, 6.45) is 5.04. The van der Waals surface area contributed by atoms with Crippen LogP contribution in [0.5, 0.6) is 0 Å². The highest BCUT2D eigenvalue weighted by atomic mass is 32.1. The van der Waals surface area contributed by atoms with Gasteiger partial charge in [0.1, 0.15) is 0 Å². The monoisotopic (exact) mass is 178 g/mol. The Hall–Kier alpha value is 0.620. The van der Waals surface area contributed by atoms with Crippen LogP contribution in [-0.2, 0) is 0 Å². The Morgan fingerprint density at radius 1 is 0.900 bits per heavy atom. The summed E-state index contributed by atoms with van der Waals surface area (Å²) < 4.78 is 5.98. The van der Waals surface area contributed by atoms with Crippen LogP contribution in [0.2, 0.25) is 0 Å². The predicted octanol–water partition coefficient (Wildman–Crippen LogP) is 1.17. The van der Waals surface area contributed by atoms with E-state index in [1.807, 2.05) is 0 Å². The number of hydrogen-bond donors (Lipinski definition) is 4. The van der Waals surface area contributed by atoms with E-state index in [-0.39, 0.29) is 0 Å². The molecule has 2 unspecified atom stereocenters. The van der Waals surface area contributed by atoms with E-state index < -0.39 is 0 Å². The van der Waals surface area contributed by atoms with Gasteiger partial charge < -0.3 is 0 Å². The molecular formula is C6H14N2S2. The van der Waals surface area contributed by atoms with Gasteiger partial charge in [0.25, 0.3) is 0 Å². The Bertz CT molecular complexity index is 87.7. The topological polar surface area (TPSA) is 24.1 Å². The van der Waals surface area contributed by atoms with Gasteiger partial charge in [-0.25, -0.2) is 0 Å². The Labute approximate surface area is 73.2 Å².